The summed E-state index contributed by atoms with van der Waals surface area (Å²) in [6.07, 6.45) is 2.32. The molecule has 74 valence electrons. The van der Waals surface area contributed by atoms with Crippen LogP contribution in [-0.4, -0.2) is 0 Å². The van der Waals surface area contributed by atoms with Crippen LogP contribution in [0.5, 0.6) is 0 Å². The standard InChI is InChI=1S/C11H19NS/c1-4-8(2)5-11(12)10-6-9(3)13-7-10/h6-8,11H,4-5,12H2,1-3H3. The maximum Gasteiger partial charge on any atom is 0.0305 e. The van der Waals surface area contributed by atoms with Gasteiger partial charge >= 0.3 is 0 Å². The van der Waals surface area contributed by atoms with E-state index < -0.39 is 0 Å². The van der Waals surface area contributed by atoms with Crippen LogP contribution in [0.4, 0.5) is 0 Å². The molecular formula is C11H19NS. The van der Waals surface area contributed by atoms with Gasteiger partial charge in [-0.1, -0.05) is 20.3 Å². The molecule has 1 aromatic heterocycles. The summed E-state index contributed by atoms with van der Waals surface area (Å²) >= 11 is 1.79. The van der Waals surface area contributed by atoms with E-state index in [9.17, 15) is 0 Å². The summed E-state index contributed by atoms with van der Waals surface area (Å²) in [5.41, 5.74) is 7.40. The van der Waals surface area contributed by atoms with Gasteiger partial charge in [0.15, 0.2) is 0 Å². The molecule has 0 aliphatic carbocycles. The molecule has 2 unspecified atom stereocenters. The quantitative estimate of drug-likeness (QED) is 0.785. The zero-order chi connectivity index (χ0) is 9.84. The van der Waals surface area contributed by atoms with Gasteiger partial charge in [0.1, 0.15) is 0 Å². The Kier molecular flexibility index (Phi) is 3.94. The summed E-state index contributed by atoms with van der Waals surface area (Å²) in [6.45, 7) is 6.61. The molecule has 2 N–H and O–H groups in total. The highest BCUT2D eigenvalue weighted by atomic mass is 32.1. The van der Waals surface area contributed by atoms with E-state index in [1.807, 2.05) is 0 Å². The van der Waals surface area contributed by atoms with Crippen LogP contribution >= 0.6 is 11.3 Å². The van der Waals surface area contributed by atoms with Crippen LogP contribution in [0.3, 0.4) is 0 Å². The van der Waals surface area contributed by atoms with E-state index in [0.29, 0.717) is 0 Å². The number of nitrogens with two attached hydrogens (primary N) is 1. The predicted octanol–water partition coefficient (Wildman–Crippen LogP) is 3.49. The van der Waals surface area contributed by atoms with Crippen LogP contribution in [0.2, 0.25) is 0 Å². The van der Waals surface area contributed by atoms with Crippen molar-refractivity contribution in [1.29, 1.82) is 0 Å². The Morgan fingerprint density at radius 2 is 2.23 bits per heavy atom. The summed E-state index contributed by atoms with van der Waals surface area (Å²) in [4.78, 5) is 1.36. The van der Waals surface area contributed by atoms with Crippen molar-refractivity contribution in [3.63, 3.8) is 0 Å². The number of rotatable bonds is 4. The highest BCUT2D eigenvalue weighted by Gasteiger charge is 2.10. The van der Waals surface area contributed by atoms with Crippen molar-refractivity contribution >= 4 is 11.3 Å². The van der Waals surface area contributed by atoms with Gasteiger partial charge in [0.2, 0.25) is 0 Å². The zero-order valence-electron chi connectivity index (χ0n) is 8.71. The van der Waals surface area contributed by atoms with E-state index in [1.165, 1.54) is 16.9 Å². The number of aryl methyl sites for hydroxylation is 1. The first-order valence-corrected chi connectivity index (χ1v) is 5.82. The molecule has 0 spiro atoms. The summed E-state index contributed by atoms with van der Waals surface area (Å²) in [7, 11) is 0. The normalized spacial score (nSPS) is 15.7. The molecule has 0 aliphatic heterocycles. The molecule has 0 saturated carbocycles. The first-order valence-electron chi connectivity index (χ1n) is 4.94. The lowest BCUT2D eigenvalue weighted by Crippen LogP contribution is -2.12. The fourth-order valence-electron chi connectivity index (χ4n) is 1.39. The Morgan fingerprint density at radius 3 is 2.69 bits per heavy atom. The summed E-state index contributed by atoms with van der Waals surface area (Å²) in [6, 6.07) is 2.44. The molecule has 0 bridgehead atoms. The highest BCUT2D eigenvalue weighted by molar-refractivity contribution is 7.10. The third-order valence-corrected chi connectivity index (χ3v) is 3.41. The smallest absolute Gasteiger partial charge is 0.0305 e. The van der Waals surface area contributed by atoms with E-state index >= 15 is 0 Å². The van der Waals surface area contributed by atoms with E-state index in [-0.39, 0.29) is 6.04 Å². The fraction of sp³-hybridized carbons (Fsp3) is 0.636. The lowest BCUT2D eigenvalue weighted by molar-refractivity contribution is 0.462. The molecule has 2 atom stereocenters. The van der Waals surface area contributed by atoms with Gasteiger partial charge in [0.05, 0.1) is 0 Å². The van der Waals surface area contributed by atoms with Crippen molar-refractivity contribution in [2.45, 2.75) is 39.7 Å². The molecule has 13 heavy (non-hydrogen) atoms. The molecule has 0 aromatic carbocycles. The van der Waals surface area contributed by atoms with Gasteiger partial charge in [-0.15, -0.1) is 11.3 Å². The topological polar surface area (TPSA) is 26.0 Å². The lowest BCUT2D eigenvalue weighted by Gasteiger charge is -2.14. The van der Waals surface area contributed by atoms with Gasteiger partial charge in [0, 0.05) is 10.9 Å². The number of hydrogen-bond acceptors (Lipinski definition) is 2. The minimum absolute atomic E-state index is 0.236. The average molecular weight is 197 g/mol. The van der Waals surface area contributed by atoms with Crippen LogP contribution in [0.25, 0.3) is 0 Å². The highest BCUT2D eigenvalue weighted by Crippen LogP contribution is 2.24. The molecule has 1 aromatic rings. The van der Waals surface area contributed by atoms with Crippen molar-refractivity contribution in [3.05, 3.63) is 21.9 Å². The molecule has 1 rings (SSSR count). The van der Waals surface area contributed by atoms with Crippen molar-refractivity contribution < 1.29 is 0 Å². The third-order valence-electron chi connectivity index (χ3n) is 2.53. The van der Waals surface area contributed by atoms with Crippen LogP contribution in [0.1, 0.15) is 43.2 Å². The van der Waals surface area contributed by atoms with Crippen LogP contribution in [-0.2, 0) is 0 Å². The SMILES string of the molecule is CCC(C)CC(N)c1csc(C)c1. The molecule has 0 fully saturated rings. The van der Waals surface area contributed by atoms with Gasteiger partial charge in [-0.05, 0) is 36.3 Å². The molecule has 0 radical (unpaired) electrons. The second kappa shape index (κ2) is 4.77. The van der Waals surface area contributed by atoms with Crippen LogP contribution < -0.4 is 5.73 Å². The number of hydrogen-bond donors (Lipinski definition) is 1. The number of thiophene rings is 1. The Labute approximate surface area is 85.0 Å². The molecule has 0 saturated heterocycles. The summed E-state index contributed by atoms with van der Waals surface area (Å²) < 4.78 is 0. The summed E-state index contributed by atoms with van der Waals surface area (Å²) in [5.74, 6) is 0.732. The third kappa shape index (κ3) is 3.12. The summed E-state index contributed by atoms with van der Waals surface area (Å²) in [5, 5.41) is 2.18. The van der Waals surface area contributed by atoms with E-state index in [2.05, 4.69) is 32.2 Å². The maximum atomic E-state index is 6.09. The Morgan fingerprint density at radius 1 is 1.54 bits per heavy atom. The Hall–Kier alpha value is -0.340. The van der Waals surface area contributed by atoms with Crippen molar-refractivity contribution in [1.82, 2.24) is 0 Å². The van der Waals surface area contributed by atoms with Crippen molar-refractivity contribution in [2.75, 3.05) is 0 Å². The maximum absolute atomic E-state index is 6.09. The van der Waals surface area contributed by atoms with Gasteiger partial charge in [-0.25, -0.2) is 0 Å². The lowest BCUT2D eigenvalue weighted by atomic mass is 9.96. The van der Waals surface area contributed by atoms with Gasteiger partial charge in [-0.3, -0.25) is 0 Å². The van der Waals surface area contributed by atoms with Gasteiger partial charge in [0.25, 0.3) is 0 Å². The van der Waals surface area contributed by atoms with E-state index in [4.69, 9.17) is 5.73 Å². The second-order valence-corrected chi connectivity index (χ2v) is 4.96. The van der Waals surface area contributed by atoms with Crippen LogP contribution in [0.15, 0.2) is 11.4 Å². The molecule has 1 nitrogen and oxygen atoms in total. The van der Waals surface area contributed by atoms with Crippen molar-refractivity contribution in [3.8, 4) is 0 Å². The van der Waals surface area contributed by atoms with Gasteiger partial charge < -0.3 is 5.73 Å². The molecule has 0 amide bonds. The largest absolute Gasteiger partial charge is 0.324 e. The second-order valence-electron chi connectivity index (χ2n) is 3.85. The molecule has 2 heteroatoms. The van der Waals surface area contributed by atoms with Crippen molar-refractivity contribution in [2.24, 2.45) is 11.7 Å². The first-order chi connectivity index (χ1) is 6.13. The molecule has 0 aliphatic rings. The van der Waals surface area contributed by atoms with Gasteiger partial charge in [-0.2, -0.15) is 0 Å². The van der Waals surface area contributed by atoms with Crippen LogP contribution in [0, 0.1) is 12.8 Å². The zero-order valence-corrected chi connectivity index (χ0v) is 9.53. The molecule has 1 heterocycles. The average Bonchev–Trinajstić information content (AvgIpc) is 2.51. The van der Waals surface area contributed by atoms with E-state index in [1.54, 1.807) is 11.3 Å². The Bertz CT molecular complexity index is 254. The minimum atomic E-state index is 0.236. The monoisotopic (exact) mass is 197 g/mol. The Balaban J connectivity index is 2.53. The fourth-order valence-corrected chi connectivity index (χ4v) is 2.16. The molecular weight excluding hydrogens is 178 g/mol. The predicted molar refractivity (Wildman–Crippen MR) is 60.1 cm³/mol. The van der Waals surface area contributed by atoms with E-state index in [0.717, 1.165) is 12.3 Å². The first kappa shape index (κ1) is 10.7. The minimum Gasteiger partial charge on any atom is -0.324 e.